The van der Waals surface area contributed by atoms with Crippen molar-refractivity contribution < 1.29 is 14.7 Å². The van der Waals surface area contributed by atoms with E-state index >= 15 is 0 Å². The second kappa shape index (κ2) is 8.67. The Balaban J connectivity index is 1.72. The fourth-order valence-electron chi connectivity index (χ4n) is 3.12. The Morgan fingerprint density at radius 3 is 2.35 bits per heavy atom. The fraction of sp³-hybridized carbons (Fsp3) is 0.556. The van der Waals surface area contributed by atoms with Gasteiger partial charge in [0.1, 0.15) is 6.04 Å². The van der Waals surface area contributed by atoms with Gasteiger partial charge in [-0.3, -0.25) is 14.5 Å². The number of aryl methyl sites for hydroxylation is 1. The highest BCUT2D eigenvalue weighted by Gasteiger charge is 2.28. The summed E-state index contributed by atoms with van der Waals surface area (Å²) in [4.78, 5) is 27.3. The van der Waals surface area contributed by atoms with Crippen molar-refractivity contribution in [3.05, 3.63) is 35.9 Å². The van der Waals surface area contributed by atoms with E-state index in [0.717, 1.165) is 12.8 Å². The van der Waals surface area contributed by atoms with Crippen molar-refractivity contribution >= 4 is 11.9 Å². The monoisotopic (exact) mass is 318 g/mol. The molecule has 1 unspecified atom stereocenters. The summed E-state index contributed by atoms with van der Waals surface area (Å²) in [7, 11) is 0. The number of carboxylic acids is 1. The number of hydrogen-bond donors (Lipinski definition) is 1. The van der Waals surface area contributed by atoms with Crippen LogP contribution in [0.25, 0.3) is 0 Å². The predicted octanol–water partition coefficient (Wildman–Crippen LogP) is 2.02. The Labute approximate surface area is 137 Å². The molecule has 5 nitrogen and oxygen atoms in total. The Bertz CT molecular complexity index is 510. The molecule has 2 rings (SSSR count). The van der Waals surface area contributed by atoms with E-state index in [1.807, 2.05) is 34.9 Å². The summed E-state index contributed by atoms with van der Waals surface area (Å²) in [5.74, 6) is -0.584. The molecule has 1 saturated heterocycles. The van der Waals surface area contributed by atoms with Crippen LogP contribution >= 0.6 is 0 Å². The number of rotatable bonds is 7. The van der Waals surface area contributed by atoms with Crippen molar-refractivity contribution in [2.75, 3.05) is 26.2 Å². The van der Waals surface area contributed by atoms with Gasteiger partial charge in [0.25, 0.3) is 0 Å². The zero-order valence-corrected chi connectivity index (χ0v) is 13.8. The summed E-state index contributed by atoms with van der Waals surface area (Å²) >= 11 is 0. The number of aliphatic carboxylic acids is 1. The molecule has 0 spiro atoms. The highest BCUT2D eigenvalue weighted by molar-refractivity contribution is 5.76. The minimum absolute atomic E-state index is 0.184. The zero-order valence-electron chi connectivity index (χ0n) is 13.8. The predicted molar refractivity (Wildman–Crippen MR) is 89.2 cm³/mol. The van der Waals surface area contributed by atoms with Crippen LogP contribution in [0.3, 0.4) is 0 Å². The van der Waals surface area contributed by atoms with Gasteiger partial charge in [-0.2, -0.15) is 0 Å². The van der Waals surface area contributed by atoms with Gasteiger partial charge in [-0.15, -0.1) is 0 Å². The highest BCUT2D eigenvalue weighted by Crippen LogP contribution is 2.12. The quantitative estimate of drug-likeness (QED) is 0.835. The first kappa shape index (κ1) is 17.5. The van der Waals surface area contributed by atoms with Gasteiger partial charge in [-0.05, 0) is 24.8 Å². The molecular weight excluding hydrogens is 292 g/mol. The van der Waals surface area contributed by atoms with Gasteiger partial charge >= 0.3 is 5.97 Å². The SMILES string of the molecule is CCC(C(=O)O)N1CCN(C(=O)CCCc2ccccc2)CC1. The third-order valence-corrected chi connectivity index (χ3v) is 4.48. The van der Waals surface area contributed by atoms with E-state index in [-0.39, 0.29) is 5.91 Å². The highest BCUT2D eigenvalue weighted by atomic mass is 16.4. The first-order valence-electron chi connectivity index (χ1n) is 8.40. The summed E-state index contributed by atoms with van der Waals surface area (Å²) in [6.07, 6.45) is 2.94. The number of carboxylic acid groups (broad SMARTS) is 1. The summed E-state index contributed by atoms with van der Waals surface area (Å²) < 4.78 is 0. The largest absolute Gasteiger partial charge is 0.480 e. The third-order valence-electron chi connectivity index (χ3n) is 4.48. The molecular formula is C18H26N2O3. The van der Waals surface area contributed by atoms with Crippen molar-refractivity contribution in [2.24, 2.45) is 0 Å². The Hall–Kier alpha value is -1.88. The maximum absolute atomic E-state index is 12.3. The smallest absolute Gasteiger partial charge is 0.320 e. The van der Waals surface area contributed by atoms with E-state index in [4.69, 9.17) is 0 Å². The molecule has 1 fully saturated rings. The first-order chi connectivity index (χ1) is 11.1. The van der Waals surface area contributed by atoms with Crippen molar-refractivity contribution in [3.8, 4) is 0 Å². The molecule has 23 heavy (non-hydrogen) atoms. The summed E-state index contributed by atoms with van der Waals surface area (Å²) in [5, 5.41) is 9.20. The molecule has 0 aliphatic carbocycles. The molecule has 0 aromatic heterocycles. The van der Waals surface area contributed by atoms with Gasteiger partial charge in [0.05, 0.1) is 0 Å². The molecule has 0 bridgehead atoms. The Kier molecular flexibility index (Phi) is 6.59. The van der Waals surface area contributed by atoms with E-state index in [0.29, 0.717) is 39.0 Å². The summed E-state index contributed by atoms with van der Waals surface area (Å²) in [5.41, 5.74) is 1.26. The van der Waals surface area contributed by atoms with Crippen molar-refractivity contribution in [2.45, 2.75) is 38.6 Å². The molecule has 1 heterocycles. The van der Waals surface area contributed by atoms with Crippen LogP contribution in [0.1, 0.15) is 31.7 Å². The molecule has 1 aromatic carbocycles. The van der Waals surface area contributed by atoms with Gasteiger partial charge in [0.2, 0.25) is 5.91 Å². The normalized spacial score (nSPS) is 17.0. The van der Waals surface area contributed by atoms with Crippen molar-refractivity contribution in [1.29, 1.82) is 0 Å². The third kappa shape index (κ3) is 5.06. The van der Waals surface area contributed by atoms with Crippen LogP contribution in [0, 0.1) is 0 Å². The lowest BCUT2D eigenvalue weighted by molar-refractivity contribution is -0.144. The standard InChI is InChI=1S/C18H26N2O3/c1-2-16(18(22)23)19-11-13-20(14-12-19)17(21)10-6-9-15-7-4-3-5-8-15/h3-5,7-8,16H,2,6,9-14H2,1H3,(H,22,23). The molecule has 0 saturated carbocycles. The van der Waals surface area contributed by atoms with E-state index in [1.165, 1.54) is 5.56 Å². The number of carbonyl (C=O) groups excluding carboxylic acids is 1. The van der Waals surface area contributed by atoms with Crippen LogP contribution < -0.4 is 0 Å². The van der Waals surface area contributed by atoms with Crippen LogP contribution in [0.5, 0.6) is 0 Å². The average Bonchev–Trinajstić information content (AvgIpc) is 2.56. The lowest BCUT2D eigenvalue weighted by Crippen LogP contribution is -2.53. The minimum Gasteiger partial charge on any atom is -0.480 e. The van der Waals surface area contributed by atoms with E-state index in [9.17, 15) is 14.7 Å². The van der Waals surface area contributed by atoms with E-state index in [1.54, 1.807) is 0 Å². The molecule has 1 aromatic rings. The second-order valence-electron chi connectivity index (χ2n) is 6.02. The molecule has 126 valence electrons. The minimum atomic E-state index is -0.768. The van der Waals surface area contributed by atoms with Crippen LogP contribution in [0.15, 0.2) is 30.3 Å². The number of hydrogen-bond acceptors (Lipinski definition) is 3. The maximum atomic E-state index is 12.3. The van der Waals surface area contributed by atoms with Crippen LogP contribution in [-0.4, -0.2) is 59.0 Å². The first-order valence-corrected chi connectivity index (χ1v) is 8.40. The second-order valence-corrected chi connectivity index (χ2v) is 6.02. The van der Waals surface area contributed by atoms with Crippen molar-refractivity contribution in [3.63, 3.8) is 0 Å². The number of piperazine rings is 1. The summed E-state index contributed by atoms with van der Waals surface area (Å²) in [6, 6.07) is 9.77. The average molecular weight is 318 g/mol. The molecule has 1 atom stereocenters. The number of benzene rings is 1. The van der Waals surface area contributed by atoms with Gasteiger partial charge in [0, 0.05) is 32.6 Å². The van der Waals surface area contributed by atoms with E-state index in [2.05, 4.69) is 12.1 Å². The molecule has 5 heteroatoms. The number of amides is 1. The fourth-order valence-corrected chi connectivity index (χ4v) is 3.12. The van der Waals surface area contributed by atoms with Crippen LogP contribution in [0.2, 0.25) is 0 Å². The van der Waals surface area contributed by atoms with Crippen molar-refractivity contribution in [1.82, 2.24) is 9.80 Å². The van der Waals surface area contributed by atoms with Gasteiger partial charge in [-0.1, -0.05) is 37.3 Å². The molecule has 1 amide bonds. The Morgan fingerprint density at radius 1 is 1.13 bits per heavy atom. The van der Waals surface area contributed by atoms with Crippen LogP contribution in [0.4, 0.5) is 0 Å². The number of carbonyl (C=O) groups is 2. The molecule has 0 radical (unpaired) electrons. The molecule has 1 aliphatic heterocycles. The van der Waals surface area contributed by atoms with E-state index < -0.39 is 12.0 Å². The lowest BCUT2D eigenvalue weighted by Gasteiger charge is -2.37. The lowest BCUT2D eigenvalue weighted by atomic mass is 10.1. The molecule has 1 N–H and O–H groups in total. The number of nitrogens with zero attached hydrogens (tertiary/aromatic N) is 2. The maximum Gasteiger partial charge on any atom is 0.320 e. The Morgan fingerprint density at radius 2 is 1.78 bits per heavy atom. The van der Waals surface area contributed by atoms with Gasteiger partial charge in [-0.25, -0.2) is 0 Å². The van der Waals surface area contributed by atoms with Gasteiger partial charge < -0.3 is 10.0 Å². The zero-order chi connectivity index (χ0) is 16.7. The van der Waals surface area contributed by atoms with Crippen LogP contribution in [-0.2, 0) is 16.0 Å². The van der Waals surface area contributed by atoms with Gasteiger partial charge in [0.15, 0.2) is 0 Å². The molecule has 1 aliphatic rings. The summed E-state index contributed by atoms with van der Waals surface area (Å²) in [6.45, 7) is 4.45. The topological polar surface area (TPSA) is 60.9 Å².